The molecule has 1 aliphatic carbocycles. The molecule has 0 bridgehead atoms. The van der Waals surface area contributed by atoms with Crippen molar-refractivity contribution in [2.24, 2.45) is 17.8 Å². The summed E-state index contributed by atoms with van der Waals surface area (Å²) < 4.78 is 0. The van der Waals surface area contributed by atoms with E-state index in [1.165, 1.54) is 44.9 Å². The second-order valence-electron chi connectivity index (χ2n) is 6.35. The van der Waals surface area contributed by atoms with E-state index in [1.54, 1.807) is 0 Å². The van der Waals surface area contributed by atoms with Gasteiger partial charge in [0.2, 0.25) is 0 Å². The number of unbranched alkanes of at least 4 members (excludes halogenated alkanes) is 1. The molecule has 1 aliphatic rings. The number of thiocarbonyl (C=S) groups is 1. The van der Waals surface area contributed by atoms with Crippen molar-refractivity contribution in [3.8, 4) is 0 Å². The maximum Gasteiger partial charge on any atom is 0.166 e. The normalized spacial score (nSPS) is 30.0. The second kappa shape index (κ2) is 9.59. The Labute approximate surface area is 131 Å². The summed E-state index contributed by atoms with van der Waals surface area (Å²) in [6.45, 7) is 9.99. The van der Waals surface area contributed by atoms with Crippen molar-refractivity contribution in [2.45, 2.75) is 78.7 Å². The van der Waals surface area contributed by atoms with Crippen LogP contribution in [0.5, 0.6) is 0 Å². The van der Waals surface area contributed by atoms with E-state index in [2.05, 4.69) is 38.3 Å². The van der Waals surface area contributed by atoms with E-state index in [-0.39, 0.29) is 0 Å². The molecule has 0 aliphatic heterocycles. The van der Waals surface area contributed by atoms with Crippen molar-refractivity contribution in [2.75, 3.05) is 6.54 Å². The Balaban J connectivity index is 2.64. The van der Waals surface area contributed by atoms with Gasteiger partial charge in [-0.1, -0.05) is 52.9 Å². The lowest BCUT2D eigenvalue weighted by molar-refractivity contribution is 0.133. The van der Waals surface area contributed by atoms with E-state index in [0.29, 0.717) is 6.04 Å². The second-order valence-corrected chi connectivity index (χ2v) is 6.75. The first-order valence-electron chi connectivity index (χ1n) is 8.70. The van der Waals surface area contributed by atoms with Crippen LogP contribution in [0.1, 0.15) is 72.6 Å². The summed E-state index contributed by atoms with van der Waals surface area (Å²) in [4.78, 5) is 0. The molecule has 2 nitrogen and oxygen atoms in total. The van der Waals surface area contributed by atoms with E-state index in [4.69, 9.17) is 12.2 Å². The Hall–Kier alpha value is -0.310. The standard InChI is InChI=1S/C17H34N2S/c1-5-9-10-13-11-14(6-2)16(15(7-3)12-13)19-17(20)18-8-4/h13-16H,5-12H2,1-4H3,(H2,18,19,20). The first-order chi connectivity index (χ1) is 9.65. The van der Waals surface area contributed by atoms with E-state index < -0.39 is 0 Å². The quantitative estimate of drug-likeness (QED) is 0.677. The van der Waals surface area contributed by atoms with Gasteiger partial charge in [-0.25, -0.2) is 0 Å². The highest BCUT2D eigenvalue weighted by Gasteiger charge is 2.35. The molecule has 118 valence electrons. The van der Waals surface area contributed by atoms with Crippen molar-refractivity contribution in [1.82, 2.24) is 10.6 Å². The SMILES string of the molecule is CCCCC1CC(CC)C(NC(=S)NCC)C(CC)C1. The van der Waals surface area contributed by atoms with Gasteiger partial charge in [0, 0.05) is 12.6 Å². The molecule has 2 N–H and O–H groups in total. The minimum atomic E-state index is 0.578. The predicted octanol–water partition coefficient (Wildman–Crippen LogP) is 4.49. The number of nitrogens with one attached hydrogen (secondary N) is 2. The third-order valence-corrected chi connectivity index (χ3v) is 5.20. The Kier molecular flexibility index (Phi) is 8.51. The molecule has 3 heteroatoms. The molecule has 20 heavy (non-hydrogen) atoms. The average molecular weight is 299 g/mol. The van der Waals surface area contributed by atoms with Gasteiger partial charge in [0.25, 0.3) is 0 Å². The van der Waals surface area contributed by atoms with Gasteiger partial charge in [-0.05, 0) is 49.7 Å². The maximum atomic E-state index is 5.41. The van der Waals surface area contributed by atoms with E-state index >= 15 is 0 Å². The van der Waals surface area contributed by atoms with Crippen LogP contribution >= 0.6 is 12.2 Å². The largest absolute Gasteiger partial charge is 0.363 e. The molecule has 0 saturated heterocycles. The van der Waals surface area contributed by atoms with Crippen molar-refractivity contribution in [3.63, 3.8) is 0 Å². The number of hydrogen-bond acceptors (Lipinski definition) is 1. The lowest BCUT2D eigenvalue weighted by Gasteiger charge is -2.42. The Morgan fingerprint density at radius 2 is 1.65 bits per heavy atom. The van der Waals surface area contributed by atoms with E-state index in [9.17, 15) is 0 Å². The summed E-state index contributed by atoms with van der Waals surface area (Å²) in [5.41, 5.74) is 0. The molecule has 0 heterocycles. The average Bonchev–Trinajstić information content (AvgIpc) is 2.45. The molecule has 0 radical (unpaired) electrons. The lowest BCUT2D eigenvalue weighted by atomic mass is 9.68. The van der Waals surface area contributed by atoms with Gasteiger partial charge in [-0.2, -0.15) is 0 Å². The van der Waals surface area contributed by atoms with Crippen molar-refractivity contribution >= 4 is 17.3 Å². The highest BCUT2D eigenvalue weighted by Crippen LogP contribution is 2.39. The molecule has 1 saturated carbocycles. The Bertz CT molecular complexity index is 266. The first-order valence-corrected chi connectivity index (χ1v) is 9.11. The summed E-state index contributed by atoms with van der Waals surface area (Å²) in [6.07, 6.45) is 9.46. The van der Waals surface area contributed by atoms with Crippen molar-refractivity contribution in [1.29, 1.82) is 0 Å². The topological polar surface area (TPSA) is 24.1 Å². The zero-order valence-electron chi connectivity index (χ0n) is 13.9. The molecule has 2 unspecified atom stereocenters. The van der Waals surface area contributed by atoms with Crippen LogP contribution in [0.15, 0.2) is 0 Å². The van der Waals surface area contributed by atoms with Gasteiger partial charge in [-0.3, -0.25) is 0 Å². The minimum Gasteiger partial charge on any atom is -0.363 e. The molecule has 2 atom stereocenters. The summed E-state index contributed by atoms with van der Waals surface area (Å²) in [7, 11) is 0. The molecule has 1 fully saturated rings. The molecule has 0 aromatic heterocycles. The predicted molar refractivity (Wildman–Crippen MR) is 93.0 cm³/mol. The molecule has 0 aromatic rings. The van der Waals surface area contributed by atoms with Crippen LogP contribution in [0.3, 0.4) is 0 Å². The van der Waals surface area contributed by atoms with Crippen molar-refractivity contribution < 1.29 is 0 Å². The molecule has 0 spiro atoms. The van der Waals surface area contributed by atoms with Gasteiger partial charge in [0.15, 0.2) is 5.11 Å². The van der Waals surface area contributed by atoms with Gasteiger partial charge >= 0.3 is 0 Å². The summed E-state index contributed by atoms with van der Waals surface area (Å²) >= 11 is 5.41. The fourth-order valence-electron chi connectivity index (χ4n) is 3.80. The third kappa shape index (κ3) is 5.23. The van der Waals surface area contributed by atoms with Crippen LogP contribution in [0.25, 0.3) is 0 Å². The van der Waals surface area contributed by atoms with Gasteiger partial charge in [0.05, 0.1) is 0 Å². The third-order valence-electron chi connectivity index (χ3n) is 4.94. The van der Waals surface area contributed by atoms with Crippen molar-refractivity contribution in [3.05, 3.63) is 0 Å². The molecule has 0 amide bonds. The van der Waals surface area contributed by atoms with Gasteiger partial charge in [0.1, 0.15) is 0 Å². The Morgan fingerprint density at radius 1 is 1.05 bits per heavy atom. The van der Waals surface area contributed by atoms with Crippen LogP contribution in [-0.2, 0) is 0 Å². The molecule has 0 aromatic carbocycles. The Morgan fingerprint density at radius 3 is 2.10 bits per heavy atom. The van der Waals surface area contributed by atoms with E-state index in [0.717, 1.165) is 29.4 Å². The first kappa shape index (κ1) is 17.7. The summed E-state index contributed by atoms with van der Waals surface area (Å²) in [5, 5.41) is 7.72. The summed E-state index contributed by atoms with van der Waals surface area (Å²) in [6, 6.07) is 0.578. The minimum absolute atomic E-state index is 0.578. The highest BCUT2D eigenvalue weighted by molar-refractivity contribution is 7.80. The fourth-order valence-corrected chi connectivity index (χ4v) is 4.08. The van der Waals surface area contributed by atoms with E-state index in [1.807, 2.05) is 0 Å². The van der Waals surface area contributed by atoms with Crippen LogP contribution in [0.2, 0.25) is 0 Å². The maximum absolute atomic E-state index is 5.41. The van der Waals surface area contributed by atoms with Crippen LogP contribution in [0.4, 0.5) is 0 Å². The lowest BCUT2D eigenvalue weighted by Crippen LogP contribution is -2.51. The molecule has 1 rings (SSSR count). The number of hydrogen-bond donors (Lipinski definition) is 2. The van der Waals surface area contributed by atoms with Gasteiger partial charge < -0.3 is 10.6 Å². The zero-order chi connectivity index (χ0) is 15.0. The smallest absolute Gasteiger partial charge is 0.166 e. The number of rotatable bonds is 7. The fraction of sp³-hybridized carbons (Fsp3) is 0.941. The highest BCUT2D eigenvalue weighted by atomic mass is 32.1. The monoisotopic (exact) mass is 298 g/mol. The molecular formula is C17H34N2S. The van der Waals surface area contributed by atoms with Crippen LogP contribution in [0, 0.1) is 17.8 Å². The van der Waals surface area contributed by atoms with Crippen LogP contribution < -0.4 is 10.6 Å². The zero-order valence-corrected chi connectivity index (χ0v) is 14.7. The van der Waals surface area contributed by atoms with Gasteiger partial charge in [-0.15, -0.1) is 0 Å². The molecular weight excluding hydrogens is 264 g/mol. The van der Waals surface area contributed by atoms with Crippen LogP contribution in [-0.4, -0.2) is 17.7 Å². The summed E-state index contributed by atoms with van der Waals surface area (Å²) in [5.74, 6) is 2.51.